The van der Waals surface area contributed by atoms with Gasteiger partial charge in [-0.05, 0) is 94.3 Å². The third-order valence-corrected chi connectivity index (χ3v) is 11.0. The quantitative estimate of drug-likeness (QED) is 0.136. The minimum atomic E-state index is -0.305. The summed E-state index contributed by atoms with van der Waals surface area (Å²) in [7, 11) is 1.95. The average Bonchev–Trinajstić information content (AvgIpc) is 3.63. The van der Waals surface area contributed by atoms with Gasteiger partial charge in [-0.3, -0.25) is 19.4 Å². The highest BCUT2D eigenvalue weighted by molar-refractivity contribution is 5.94. The number of nitrogens with one attached hydrogen (secondary N) is 2. The van der Waals surface area contributed by atoms with E-state index in [-0.39, 0.29) is 23.2 Å². The number of piperazine rings is 1. The predicted molar refractivity (Wildman–Crippen MR) is 232 cm³/mol. The molecule has 0 radical (unpaired) electrons. The zero-order valence-corrected chi connectivity index (χ0v) is 33.5. The van der Waals surface area contributed by atoms with E-state index in [0.29, 0.717) is 56.0 Å². The number of aromatic nitrogens is 4. The number of carbonyl (C=O) groups is 2. The van der Waals surface area contributed by atoms with Crippen LogP contribution in [0.15, 0.2) is 134 Å². The molecule has 11 heteroatoms. The lowest BCUT2D eigenvalue weighted by Crippen LogP contribution is -2.50. The van der Waals surface area contributed by atoms with Gasteiger partial charge >= 0.3 is 6.03 Å². The van der Waals surface area contributed by atoms with Crippen molar-refractivity contribution in [3.63, 3.8) is 0 Å². The molecule has 1 aliphatic heterocycles. The van der Waals surface area contributed by atoms with Crippen LogP contribution in [-0.2, 0) is 19.9 Å². The van der Waals surface area contributed by atoms with E-state index < -0.39 is 0 Å². The molecule has 0 unspecified atom stereocenters. The van der Waals surface area contributed by atoms with Gasteiger partial charge in [0.1, 0.15) is 5.82 Å². The number of hydrogen-bond donors (Lipinski definition) is 2. The Morgan fingerprint density at radius 1 is 0.780 bits per heavy atom. The molecular weight excluding hydrogens is 740 g/mol. The first-order valence-corrected chi connectivity index (χ1v) is 19.9. The molecular formula is C48H47FN8O2. The number of anilines is 2. The van der Waals surface area contributed by atoms with E-state index in [4.69, 9.17) is 0 Å². The molecule has 0 spiro atoms. The molecule has 0 bridgehead atoms. The molecule has 4 heterocycles. The summed E-state index contributed by atoms with van der Waals surface area (Å²) in [6.45, 7) is 7.39. The molecule has 2 N–H and O–H groups in total. The molecule has 298 valence electrons. The number of urea groups is 1. The Balaban J connectivity index is 0.802. The summed E-state index contributed by atoms with van der Waals surface area (Å²) in [6.07, 6.45) is 8.02. The number of pyridine rings is 2. The molecule has 4 aromatic carbocycles. The Bertz CT molecular complexity index is 2560. The van der Waals surface area contributed by atoms with Crippen LogP contribution in [0.1, 0.15) is 41.0 Å². The Hall–Kier alpha value is -6.88. The van der Waals surface area contributed by atoms with Crippen molar-refractivity contribution in [1.29, 1.82) is 0 Å². The summed E-state index contributed by atoms with van der Waals surface area (Å²) >= 11 is 0. The monoisotopic (exact) mass is 786 g/mol. The normalized spacial score (nSPS) is 13.1. The van der Waals surface area contributed by atoms with Gasteiger partial charge in [0, 0.05) is 80.9 Å². The molecule has 1 saturated heterocycles. The van der Waals surface area contributed by atoms with Crippen molar-refractivity contribution in [2.75, 3.05) is 42.9 Å². The highest BCUT2D eigenvalue weighted by Gasteiger charge is 2.23. The number of rotatable bonds is 11. The van der Waals surface area contributed by atoms with Crippen molar-refractivity contribution in [2.24, 2.45) is 12.5 Å². The zero-order valence-electron chi connectivity index (χ0n) is 33.5. The fraction of sp³-hybridized carbons (Fsp3) is 0.229. The first kappa shape index (κ1) is 39.0. The van der Waals surface area contributed by atoms with E-state index >= 15 is 4.39 Å². The molecule has 7 aromatic rings. The van der Waals surface area contributed by atoms with Gasteiger partial charge in [0.15, 0.2) is 0 Å². The van der Waals surface area contributed by atoms with Crippen LogP contribution in [-0.4, -0.2) is 69.3 Å². The standard InChI is InChI=1S/C48H47FN8O2/c1-48(2,28-33-6-9-35(10-7-33)37-14-19-45-39(27-37)30-53-55(45)3)32-52-46(58)38-11-15-40(51-29-38)25-34-8-18-43(44(49)26-34)36-12-16-42(17-13-36)56-21-23-57(24-22-56)47(59)54-41-5-4-20-50-31-41/h4-20,26-27,29-31H,21-25,28,32H2,1-3H3,(H,52,58)(H,54,59). The number of amides is 3. The maximum Gasteiger partial charge on any atom is 0.322 e. The maximum atomic E-state index is 15.5. The first-order chi connectivity index (χ1) is 28.6. The summed E-state index contributed by atoms with van der Waals surface area (Å²) in [5.74, 6) is -0.480. The van der Waals surface area contributed by atoms with Crippen LogP contribution < -0.4 is 15.5 Å². The molecule has 59 heavy (non-hydrogen) atoms. The summed E-state index contributed by atoms with van der Waals surface area (Å²) in [4.78, 5) is 38.4. The van der Waals surface area contributed by atoms with Crippen molar-refractivity contribution < 1.29 is 14.0 Å². The highest BCUT2D eigenvalue weighted by atomic mass is 19.1. The third-order valence-electron chi connectivity index (χ3n) is 11.0. The topological polar surface area (TPSA) is 108 Å². The van der Waals surface area contributed by atoms with Crippen LogP contribution in [0.4, 0.5) is 20.6 Å². The lowest BCUT2D eigenvalue weighted by atomic mass is 9.85. The third kappa shape index (κ3) is 9.31. The molecule has 8 rings (SSSR count). The second-order valence-electron chi connectivity index (χ2n) is 16.0. The minimum absolute atomic E-state index is 0.135. The fourth-order valence-electron chi connectivity index (χ4n) is 7.63. The second kappa shape index (κ2) is 16.9. The van der Waals surface area contributed by atoms with E-state index in [9.17, 15) is 9.59 Å². The van der Waals surface area contributed by atoms with Gasteiger partial charge < -0.3 is 20.4 Å². The summed E-state index contributed by atoms with van der Waals surface area (Å²) < 4.78 is 17.3. The number of carbonyl (C=O) groups excluding carboxylic acids is 2. The SMILES string of the molecule is Cn1ncc2cc(-c3ccc(CC(C)(C)CNC(=O)c4ccc(Cc5ccc(-c6ccc(N7CCN(C(=O)Nc8cccnc8)CC7)cc6)c(F)c5)nc4)cc3)ccc21. The molecule has 3 aromatic heterocycles. The Morgan fingerprint density at radius 3 is 2.24 bits per heavy atom. The fourth-order valence-corrected chi connectivity index (χ4v) is 7.63. The number of fused-ring (bicyclic) bond motifs is 1. The van der Waals surface area contributed by atoms with Crippen molar-refractivity contribution in [3.05, 3.63) is 162 Å². The number of aryl methyl sites for hydroxylation is 1. The van der Waals surface area contributed by atoms with E-state index in [1.165, 1.54) is 5.56 Å². The summed E-state index contributed by atoms with van der Waals surface area (Å²) in [6, 6.07) is 35.2. The van der Waals surface area contributed by atoms with Crippen LogP contribution >= 0.6 is 0 Å². The lowest BCUT2D eigenvalue weighted by molar-refractivity contribution is 0.0936. The Labute approximate surface area is 343 Å². The van der Waals surface area contributed by atoms with Gasteiger partial charge in [0.05, 0.1) is 29.2 Å². The summed E-state index contributed by atoms with van der Waals surface area (Å²) in [5, 5.41) is 11.5. The minimum Gasteiger partial charge on any atom is -0.368 e. The van der Waals surface area contributed by atoms with Gasteiger partial charge in [-0.25, -0.2) is 9.18 Å². The van der Waals surface area contributed by atoms with Crippen molar-refractivity contribution in [3.8, 4) is 22.3 Å². The molecule has 0 aliphatic carbocycles. The van der Waals surface area contributed by atoms with E-state index in [1.807, 2.05) is 60.4 Å². The largest absolute Gasteiger partial charge is 0.368 e. The van der Waals surface area contributed by atoms with Gasteiger partial charge in [0.25, 0.3) is 5.91 Å². The Kier molecular flexibility index (Phi) is 11.2. The van der Waals surface area contributed by atoms with Gasteiger partial charge in [0.2, 0.25) is 0 Å². The molecule has 1 aliphatic rings. The second-order valence-corrected chi connectivity index (χ2v) is 16.0. The number of benzene rings is 4. The van der Waals surface area contributed by atoms with Crippen molar-refractivity contribution >= 4 is 34.2 Å². The number of nitrogens with zero attached hydrogens (tertiary/aromatic N) is 6. The van der Waals surface area contributed by atoms with Crippen LogP contribution in [0.5, 0.6) is 0 Å². The molecule has 0 saturated carbocycles. The van der Waals surface area contributed by atoms with Gasteiger partial charge in [-0.2, -0.15) is 5.10 Å². The molecule has 1 fully saturated rings. The van der Waals surface area contributed by atoms with Gasteiger partial charge in [-0.15, -0.1) is 0 Å². The summed E-state index contributed by atoms with van der Waals surface area (Å²) in [5.41, 5.74) is 9.49. The van der Waals surface area contributed by atoms with Crippen molar-refractivity contribution in [2.45, 2.75) is 26.7 Å². The van der Waals surface area contributed by atoms with Gasteiger partial charge in [-0.1, -0.05) is 68.4 Å². The zero-order chi connectivity index (χ0) is 40.9. The van der Waals surface area contributed by atoms with Crippen LogP contribution in [0.3, 0.4) is 0 Å². The molecule has 10 nitrogen and oxygen atoms in total. The van der Waals surface area contributed by atoms with Crippen molar-refractivity contribution in [1.82, 2.24) is 30.0 Å². The maximum absolute atomic E-state index is 15.5. The smallest absolute Gasteiger partial charge is 0.322 e. The number of hydrogen-bond acceptors (Lipinski definition) is 6. The molecule has 3 amide bonds. The average molecular weight is 787 g/mol. The highest BCUT2D eigenvalue weighted by Crippen LogP contribution is 2.29. The predicted octanol–water partition coefficient (Wildman–Crippen LogP) is 8.78. The Morgan fingerprint density at radius 2 is 1.53 bits per heavy atom. The van der Waals surface area contributed by atoms with E-state index in [0.717, 1.165) is 51.0 Å². The van der Waals surface area contributed by atoms with Crippen LogP contribution in [0, 0.1) is 11.2 Å². The number of halogens is 1. The van der Waals surface area contributed by atoms with Crippen LogP contribution in [0.25, 0.3) is 33.2 Å². The van der Waals surface area contributed by atoms with E-state index in [1.54, 1.807) is 47.8 Å². The van der Waals surface area contributed by atoms with E-state index in [2.05, 4.69) is 86.9 Å². The lowest BCUT2D eigenvalue weighted by Gasteiger charge is -2.36. The van der Waals surface area contributed by atoms with Crippen LogP contribution in [0.2, 0.25) is 0 Å². The molecule has 0 atom stereocenters. The first-order valence-electron chi connectivity index (χ1n) is 19.9.